The van der Waals surface area contributed by atoms with Crippen molar-refractivity contribution in [3.8, 4) is 0 Å². The lowest BCUT2D eigenvalue weighted by Crippen LogP contribution is -2.24. The Balaban J connectivity index is 2.84. The third-order valence-corrected chi connectivity index (χ3v) is 3.19. The van der Waals surface area contributed by atoms with Gasteiger partial charge in [-0.05, 0) is 19.3 Å². The van der Waals surface area contributed by atoms with Gasteiger partial charge in [0, 0.05) is 11.6 Å². The average molecular weight is 222 g/mol. The third-order valence-electron chi connectivity index (χ3n) is 3.19. The van der Waals surface area contributed by atoms with Gasteiger partial charge in [0.25, 0.3) is 0 Å². The van der Waals surface area contributed by atoms with Crippen LogP contribution in [0.15, 0.2) is 6.33 Å². The number of anilines is 2. The molecule has 0 aromatic carbocycles. The number of nitrogens with one attached hydrogen (secondary N) is 1. The van der Waals surface area contributed by atoms with Gasteiger partial charge < -0.3 is 11.1 Å². The second-order valence-electron chi connectivity index (χ2n) is 4.26. The molecule has 1 heterocycles. The summed E-state index contributed by atoms with van der Waals surface area (Å²) >= 11 is 0. The Morgan fingerprint density at radius 3 is 2.56 bits per heavy atom. The molecule has 16 heavy (non-hydrogen) atoms. The zero-order valence-corrected chi connectivity index (χ0v) is 10.6. The molecule has 2 unspecified atom stereocenters. The molecule has 1 rings (SSSR count). The van der Waals surface area contributed by atoms with Gasteiger partial charge in [-0.1, -0.05) is 27.2 Å². The molecule has 0 aliphatic carbocycles. The molecule has 4 nitrogen and oxygen atoms in total. The van der Waals surface area contributed by atoms with Crippen LogP contribution in [-0.4, -0.2) is 16.0 Å². The van der Waals surface area contributed by atoms with Gasteiger partial charge >= 0.3 is 0 Å². The summed E-state index contributed by atoms with van der Waals surface area (Å²) in [6.45, 7) is 8.66. The highest BCUT2D eigenvalue weighted by Gasteiger charge is 2.13. The fourth-order valence-electron chi connectivity index (χ4n) is 1.61. The van der Waals surface area contributed by atoms with Crippen LogP contribution in [0.4, 0.5) is 11.6 Å². The smallest absolute Gasteiger partial charge is 0.134 e. The molecule has 0 saturated heterocycles. The first kappa shape index (κ1) is 12.7. The fourth-order valence-corrected chi connectivity index (χ4v) is 1.61. The molecule has 0 aliphatic rings. The first-order valence-corrected chi connectivity index (χ1v) is 5.96. The molecule has 0 radical (unpaired) electrons. The molecule has 0 aliphatic heterocycles. The van der Waals surface area contributed by atoms with Crippen LogP contribution in [0.5, 0.6) is 0 Å². The van der Waals surface area contributed by atoms with Crippen molar-refractivity contribution in [2.24, 2.45) is 5.92 Å². The van der Waals surface area contributed by atoms with Gasteiger partial charge in [-0.15, -0.1) is 0 Å². The van der Waals surface area contributed by atoms with Crippen LogP contribution in [-0.2, 0) is 6.42 Å². The minimum atomic E-state index is 0.393. The molecule has 1 aromatic rings. The summed E-state index contributed by atoms with van der Waals surface area (Å²) < 4.78 is 0. The van der Waals surface area contributed by atoms with Crippen LogP contribution in [0.1, 0.15) is 39.7 Å². The summed E-state index contributed by atoms with van der Waals surface area (Å²) in [6, 6.07) is 0.393. The van der Waals surface area contributed by atoms with Crippen LogP contribution in [0.25, 0.3) is 0 Å². The van der Waals surface area contributed by atoms with Crippen molar-refractivity contribution in [1.29, 1.82) is 0 Å². The van der Waals surface area contributed by atoms with E-state index in [-0.39, 0.29) is 0 Å². The number of hydrogen-bond acceptors (Lipinski definition) is 4. The van der Waals surface area contributed by atoms with Gasteiger partial charge in [-0.2, -0.15) is 0 Å². The molecular weight excluding hydrogens is 200 g/mol. The van der Waals surface area contributed by atoms with Crippen molar-refractivity contribution in [1.82, 2.24) is 9.97 Å². The van der Waals surface area contributed by atoms with E-state index in [1.165, 1.54) is 6.33 Å². The Bertz CT molecular complexity index is 338. The summed E-state index contributed by atoms with van der Waals surface area (Å²) in [7, 11) is 0. The number of aromatic nitrogens is 2. The summed E-state index contributed by atoms with van der Waals surface area (Å²) in [5, 5.41) is 3.42. The number of rotatable bonds is 5. The number of hydrogen-bond donors (Lipinski definition) is 2. The minimum Gasteiger partial charge on any atom is -0.383 e. The highest BCUT2D eigenvalue weighted by Crippen LogP contribution is 2.20. The lowest BCUT2D eigenvalue weighted by molar-refractivity contribution is 0.493. The van der Waals surface area contributed by atoms with E-state index >= 15 is 0 Å². The molecule has 90 valence electrons. The molecule has 3 N–H and O–H groups in total. The molecule has 1 aromatic heterocycles. The maximum Gasteiger partial charge on any atom is 0.134 e. The molecule has 0 bridgehead atoms. The van der Waals surface area contributed by atoms with Gasteiger partial charge in [-0.3, -0.25) is 0 Å². The summed E-state index contributed by atoms with van der Waals surface area (Å²) in [4.78, 5) is 8.27. The zero-order chi connectivity index (χ0) is 12.1. The Kier molecular flexibility index (Phi) is 4.52. The Morgan fingerprint density at radius 2 is 2.00 bits per heavy atom. The molecule has 4 heteroatoms. The maximum absolute atomic E-state index is 5.83. The predicted octanol–water partition coefficient (Wildman–Crippen LogP) is 2.47. The van der Waals surface area contributed by atoms with Crippen molar-refractivity contribution in [3.05, 3.63) is 11.9 Å². The molecular formula is C12H22N4. The summed E-state index contributed by atoms with van der Waals surface area (Å²) in [5.41, 5.74) is 6.84. The van der Waals surface area contributed by atoms with Crippen molar-refractivity contribution < 1.29 is 0 Å². The van der Waals surface area contributed by atoms with E-state index in [1.54, 1.807) is 0 Å². The Hall–Kier alpha value is -1.32. The third kappa shape index (κ3) is 2.84. The van der Waals surface area contributed by atoms with Gasteiger partial charge in [-0.25, -0.2) is 9.97 Å². The zero-order valence-electron chi connectivity index (χ0n) is 10.6. The van der Waals surface area contributed by atoms with Crippen LogP contribution < -0.4 is 11.1 Å². The highest BCUT2D eigenvalue weighted by atomic mass is 15.1. The maximum atomic E-state index is 5.83. The first-order chi connectivity index (χ1) is 7.60. The van der Waals surface area contributed by atoms with E-state index in [4.69, 9.17) is 5.73 Å². The van der Waals surface area contributed by atoms with E-state index in [9.17, 15) is 0 Å². The second-order valence-corrected chi connectivity index (χ2v) is 4.26. The molecule has 0 fully saturated rings. The SMILES string of the molecule is CCc1c(N)ncnc1NC(C)C(C)CC. The molecule has 0 amide bonds. The predicted molar refractivity (Wildman–Crippen MR) is 68.4 cm³/mol. The first-order valence-electron chi connectivity index (χ1n) is 5.96. The normalized spacial score (nSPS) is 14.5. The number of nitrogen functional groups attached to an aromatic ring is 1. The highest BCUT2D eigenvalue weighted by molar-refractivity contribution is 5.55. The lowest BCUT2D eigenvalue weighted by Gasteiger charge is -2.22. The standard InChI is InChI=1S/C12H22N4/c1-5-8(3)9(4)16-12-10(6-2)11(13)14-7-15-12/h7-9H,5-6H2,1-4H3,(H3,13,14,15,16). The van der Waals surface area contributed by atoms with E-state index in [0.29, 0.717) is 17.8 Å². The van der Waals surface area contributed by atoms with Crippen molar-refractivity contribution in [2.75, 3.05) is 11.1 Å². The van der Waals surface area contributed by atoms with Crippen molar-refractivity contribution in [3.63, 3.8) is 0 Å². The van der Waals surface area contributed by atoms with Crippen molar-refractivity contribution >= 4 is 11.6 Å². The number of nitrogens with two attached hydrogens (primary N) is 1. The fraction of sp³-hybridized carbons (Fsp3) is 0.667. The minimum absolute atomic E-state index is 0.393. The van der Waals surface area contributed by atoms with E-state index < -0.39 is 0 Å². The Labute approximate surface area is 97.7 Å². The molecule has 0 saturated carbocycles. The van der Waals surface area contributed by atoms with E-state index in [0.717, 1.165) is 24.2 Å². The second kappa shape index (κ2) is 5.68. The quantitative estimate of drug-likeness (QED) is 0.803. The average Bonchev–Trinajstić information content (AvgIpc) is 2.28. The van der Waals surface area contributed by atoms with Gasteiger partial charge in [0.1, 0.15) is 18.0 Å². The number of nitrogens with zero attached hydrogens (tertiary/aromatic N) is 2. The molecule has 2 atom stereocenters. The van der Waals surface area contributed by atoms with Crippen LogP contribution in [0.3, 0.4) is 0 Å². The largest absolute Gasteiger partial charge is 0.383 e. The summed E-state index contributed by atoms with van der Waals surface area (Å²) in [5.74, 6) is 2.07. The summed E-state index contributed by atoms with van der Waals surface area (Å²) in [6.07, 6.45) is 3.51. The Morgan fingerprint density at radius 1 is 1.31 bits per heavy atom. The monoisotopic (exact) mass is 222 g/mol. The van der Waals surface area contributed by atoms with Gasteiger partial charge in [0.05, 0.1) is 0 Å². The molecule has 0 spiro atoms. The lowest BCUT2D eigenvalue weighted by atomic mass is 10.0. The van der Waals surface area contributed by atoms with Crippen LogP contribution in [0.2, 0.25) is 0 Å². The topological polar surface area (TPSA) is 63.8 Å². The van der Waals surface area contributed by atoms with Crippen LogP contribution >= 0.6 is 0 Å². The van der Waals surface area contributed by atoms with Crippen molar-refractivity contribution in [2.45, 2.75) is 46.6 Å². The van der Waals surface area contributed by atoms with Gasteiger partial charge in [0.2, 0.25) is 0 Å². The van der Waals surface area contributed by atoms with E-state index in [1.807, 2.05) is 0 Å². The van der Waals surface area contributed by atoms with Gasteiger partial charge in [0.15, 0.2) is 0 Å². The van der Waals surface area contributed by atoms with E-state index in [2.05, 4.69) is 43.0 Å². The van der Waals surface area contributed by atoms with Crippen LogP contribution in [0, 0.1) is 5.92 Å².